The van der Waals surface area contributed by atoms with Gasteiger partial charge in [0.25, 0.3) is 0 Å². The number of hydrogen-bond acceptors (Lipinski definition) is 5. The highest BCUT2D eigenvalue weighted by Gasteiger charge is 2.40. The molecule has 0 bridgehead atoms. The third kappa shape index (κ3) is 5.49. The molecule has 1 unspecified atom stereocenters. The van der Waals surface area contributed by atoms with E-state index in [1.165, 1.54) is 24.8 Å². The molecule has 1 aromatic carbocycles. The summed E-state index contributed by atoms with van der Waals surface area (Å²) in [6.45, 7) is 8.68. The summed E-state index contributed by atoms with van der Waals surface area (Å²) in [5.74, 6) is 4.49. The van der Waals surface area contributed by atoms with Gasteiger partial charge in [0.2, 0.25) is 5.91 Å². The van der Waals surface area contributed by atoms with Crippen LogP contribution in [-0.4, -0.2) is 25.7 Å². The van der Waals surface area contributed by atoms with Crippen LogP contribution in [0.3, 0.4) is 0 Å². The second kappa shape index (κ2) is 9.96. The van der Waals surface area contributed by atoms with Crippen molar-refractivity contribution in [2.45, 2.75) is 90.5 Å². The Morgan fingerprint density at radius 2 is 2.00 bits per heavy atom. The van der Waals surface area contributed by atoms with Crippen molar-refractivity contribution in [2.24, 2.45) is 11.8 Å². The van der Waals surface area contributed by atoms with Gasteiger partial charge in [0.1, 0.15) is 17.9 Å². The van der Waals surface area contributed by atoms with Crippen molar-refractivity contribution in [2.75, 3.05) is 5.32 Å². The van der Waals surface area contributed by atoms with Crippen LogP contribution in [-0.2, 0) is 11.2 Å². The Bertz CT molecular complexity index is 1160. The molecular weight excluding hydrogens is 438 g/mol. The molecule has 2 fully saturated rings. The van der Waals surface area contributed by atoms with E-state index >= 15 is 0 Å². The molecule has 2 aliphatic rings. The van der Waals surface area contributed by atoms with Crippen molar-refractivity contribution in [3.63, 3.8) is 0 Å². The zero-order chi connectivity index (χ0) is 24.5. The minimum atomic E-state index is -0.146. The highest BCUT2D eigenvalue weighted by molar-refractivity contribution is 5.92. The molecule has 2 aliphatic carbocycles. The number of amides is 1. The summed E-state index contributed by atoms with van der Waals surface area (Å²) in [4.78, 5) is 17.5. The van der Waals surface area contributed by atoms with Crippen molar-refractivity contribution >= 4 is 11.6 Å². The van der Waals surface area contributed by atoms with Crippen LogP contribution in [0.15, 0.2) is 35.1 Å². The van der Waals surface area contributed by atoms with Crippen molar-refractivity contribution < 1.29 is 9.21 Å². The lowest BCUT2D eigenvalue weighted by molar-refractivity contribution is -0.116. The van der Waals surface area contributed by atoms with E-state index in [1.807, 2.05) is 19.1 Å². The summed E-state index contributed by atoms with van der Waals surface area (Å²) < 4.78 is 7.94. The van der Waals surface area contributed by atoms with Gasteiger partial charge < -0.3 is 14.3 Å². The lowest BCUT2D eigenvalue weighted by atomic mass is 9.71. The Balaban J connectivity index is 1.37. The van der Waals surface area contributed by atoms with E-state index in [2.05, 4.69) is 41.7 Å². The van der Waals surface area contributed by atoms with Crippen LogP contribution in [0, 0.1) is 25.7 Å². The van der Waals surface area contributed by atoms with Crippen molar-refractivity contribution in [3.05, 3.63) is 59.3 Å². The molecule has 1 atom stereocenters. The second-order valence-electron chi connectivity index (χ2n) is 11.1. The van der Waals surface area contributed by atoms with Crippen LogP contribution in [0.2, 0.25) is 0 Å². The van der Waals surface area contributed by atoms with E-state index in [0.29, 0.717) is 30.7 Å². The van der Waals surface area contributed by atoms with Crippen molar-refractivity contribution in [1.82, 2.24) is 19.7 Å². The molecule has 7 nitrogen and oxygen atoms in total. The van der Waals surface area contributed by atoms with Gasteiger partial charge in [0, 0.05) is 36.4 Å². The van der Waals surface area contributed by atoms with Gasteiger partial charge in [-0.25, -0.2) is 4.98 Å². The normalized spacial score (nSPS) is 20.6. The summed E-state index contributed by atoms with van der Waals surface area (Å²) in [7, 11) is 0. The Morgan fingerprint density at radius 1 is 1.20 bits per heavy atom. The van der Waals surface area contributed by atoms with E-state index in [1.54, 1.807) is 12.5 Å². The third-order valence-corrected chi connectivity index (χ3v) is 7.42. The van der Waals surface area contributed by atoms with Gasteiger partial charge in [-0.3, -0.25) is 4.79 Å². The molecular formula is C28H37N5O2. The van der Waals surface area contributed by atoms with Crippen LogP contribution in [0.4, 0.5) is 5.69 Å². The molecule has 2 aromatic heterocycles. The van der Waals surface area contributed by atoms with Gasteiger partial charge in [0.15, 0.2) is 5.89 Å². The van der Waals surface area contributed by atoms with Crippen LogP contribution in [0.5, 0.6) is 0 Å². The lowest BCUT2D eigenvalue weighted by Gasteiger charge is -2.36. The summed E-state index contributed by atoms with van der Waals surface area (Å²) in [6, 6.07) is 6.53. The molecule has 0 radical (unpaired) electrons. The van der Waals surface area contributed by atoms with Gasteiger partial charge >= 0.3 is 0 Å². The van der Waals surface area contributed by atoms with E-state index in [-0.39, 0.29) is 11.8 Å². The van der Waals surface area contributed by atoms with Crippen molar-refractivity contribution in [1.29, 1.82) is 0 Å². The highest BCUT2D eigenvalue weighted by Crippen LogP contribution is 2.48. The minimum Gasteiger partial charge on any atom is -0.449 e. The zero-order valence-electron chi connectivity index (χ0n) is 21.3. The largest absolute Gasteiger partial charge is 0.449 e. The molecule has 2 saturated carbocycles. The number of carbonyl (C=O) groups excluding carboxylic acids is 1. The average molecular weight is 476 g/mol. The first-order chi connectivity index (χ1) is 16.9. The first-order valence-corrected chi connectivity index (χ1v) is 13.1. The van der Waals surface area contributed by atoms with Crippen molar-refractivity contribution in [3.8, 4) is 0 Å². The number of aryl methyl sites for hydroxylation is 2. The first-order valence-electron chi connectivity index (χ1n) is 13.1. The fraction of sp³-hybridized carbons (Fsp3) is 0.571. The number of carbonyl (C=O) groups is 1. The topological polar surface area (TPSA) is 85.8 Å². The quantitative estimate of drug-likeness (QED) is 0.382. The van der Waals surface area contributed by atoms with Gasteiger partial charge in [0.05, 0.1) is 6.20 Å². The molecule has 5 rings (SSSR count). The first kappa shape index (κ1) is 23.8. The van der Waals surface area contributed by atoms with Crippen LogP contribution in [0.1, 0.15) is 98.9 Å². The maximum atomic E-state index is 13.2. The van der Waals surface area contributed by atoms with E-state index < -0.39 is 0 Å². The Hall–Kier alpha value is -2.96. The number of nitrogens with zero attached hydrogens (tertiary/aromatic N) is 4. The molecule has 1 N–H and O–H groups in total. The van der Waals surface area contributed by atoms with E-state index in [9.17, 15) is 4.79 Å². The summed E-state index contributed by atoms with van der Waals surface area (Å²) in [6.07, 6.45) is 10.1. The Kier molecular flexibility index (Phi) is 6.76. The number of benzene rings is 1. The van der Waals surface area contributed by atoms with Gasteiger partial charge in [-0.15, -0.1) is 10.2 Å². The molecule has 186 valence electrons. The smallest absolute Gasteiger partial charge is 0.225 e. The zero-order valence-corrected chi connectivity index (χ0v) is 21.3. The molecule has 1 amide bonds. The minimum absolute atomic E-state index is 0.0268. The van der Waals surface area contributed by atoms with Crippen LogP contribution in [0.25, 0.3) is 0 Å². The maximum absolute atomic E-state index is 13.2. The van der Waals surface area contributed by atoms with Crippen LogP contribution >= 0.6 is 0 Å². The molecule has 0 aliphatic heterocycles. The highest BCUT2D eigenvalue weighted by atomic mass is 16.3. The SMILES string of the molecule is Cc1ccc(NC(=O)CC(Cc2ncco2)c2nnc([C@H]3C[C@@H](CC(C)C)C3)n2C2CC2)c(C)c1. The molecule has 35 heavy (non-hydrogen) atoms. The fourth-order valence-electron chi connectivity index (χ4n) is 5.58. The van der Waals surface area contributed by atoms with Gasteiger partial charge in [-0.2, -0.15) is 0 Å². The Labute approximate surface area is 207 Å². The van der Waals surface area contributed by atoms with E-state index in [4.69, 9.17) is 14.6 Å². The van der Waals surface area contributed by atoms with Crippen LogP contribution < -0.4 is 5.32 Å². The predicted octanol–water partition coefficient (Wildman–Crippen LogP) is 6.11. The second-order valence-corrected chi connectivity index (χ2v) is 11.1. The number of hydrogen-bond donors (Lipinski definition) is 1. The molecule has 3 aromatic rings. The lowest BCUT2D eigenvalue weighted by Crippen LogP contribution is -2.27. The van der Waals surface area contributed by atoms with E-state index in [0.717, 1.165) is 47.6 Å². The summed E-state index contributed by atoms with van der Waals surface area (Å²) >= 11 is 0. The predicted molar refractivity (Wildman–Crippen MR) is 135 cm³/mol. The van der Waals surface area contributed by atoms with Gasteiger partial charge in [-0.1, -0.05) is 31.5 Å². The number of nitrogens with one attached hydrogen (secondary N) is 1. The third-order valence-electron chi connectivity index (χ3n) is 7.42. The molecule has 2 heterocycles. The number of aromatic nitrogens is 4. The Morgan fingerprint density at radius 3 is 2.66 bits per heavy atom. The molecule has 7 heteroatoms. The number of anilines is 1. The maximum Gasteiger partial charge on any atom is 0.225 e. The number of oxazole rings is 1. The van der Waals surface area contributed by atoms with Gasteiger partial charge in [-0.05, 0) is 69.4 Å². The average Bonchev–Trinajstić information content (AvgIpc) is 3.30. The number of rotatable bonds is 10. The fourth-order valence-corrected chi connectivity index (χ4v) is 5.58. The summed E-state index contributed by atoms with van der Waals surface area (Å²) in [5.41, 5.74) is 3.09. The standard InChI is InChI=1S/C28H37N5O2/c1-17(2)11-20-13-21(14-20)27-31-32-28(33(27)23-6-7-23)22(16-26-29-9-10-35-26)15-25(34)30-24-8-5-18(3)12-19(24)4/h5,8-10,12,17,20-23H,6-7,11,13-16H2,1-4H3,(H,30,34)/t20-,21+,22?. The monoisotopic (exact) mass is 475 g/mol. The summed E-state index contributed by atoms with van der Waals surface area (Å²) in [5, 5.41) is 12.5. The molecule has 0 saturated heterocycles. The molecule has 0 spiro atoms.